The van der Waals surface area contributed by atoms with Crippen LogP contribution in [0.4, 0.5) is 0 Å². The Morgan fingerprint density at radius 2 is 1.06 bits per heavy atom. The molecule has 0 aliphatic rings. The van der Waals surface area contributed by atoms with Gasteiger partial charge in [0.05, 0.1) is 26.8 Å². The van der Waals surface area contributed by atoms with E-state index in [-0.39, 0.29) is 0 Å². The Morgan fingerprint density at radius 3 is 1.82 bits per heavy atom. The molecule has 51 heavy (non-hydrogen) atoms. The Kier molecular flexibility index (Phi) is 6.05. The van der Waals surface area contributed by atoms with Crippen molar-refractivity contribution in [2.75, 3.05) is 0 Å². The standard InChI is InChI=1S/C45H26N4OS/c1-3-13-27(14-4-1)43-46-44(28-15-5-2-6-16-28)48-45(47-43)33-19-11-22-36-39(33)40-35(21-12-23-37(40)50-36)49-34-20-9-7-17-29(34)31-25-26-32-30-18-8-10-24-38(30)51-42(32)41(31)49/h1-26H. The molecule has 0 aliphatic carbocycles. The molecule has 4 aromatic heterocycles. The zero-order valence-electron chi connectivity index (χ0n) is 27.1. The molecule has 4 heterocycles. The summed E-state index contributed by atoms with van der Waals surface area (Å²) in [5, 5.41) is 6.99. The van der Waals surface area contributed by atoms with Gasteiger partial charge in [-0.1, -0.05) is 127 Å². The molecule has 0 atom stereocenters. The van der Waals surface area contributed by atoms with Gasteiger partial charge in [-0.25, -0.2) is 15.0 Å². The highest BCUT2D eigenvalue weighted by Crippen LogP contribution is 2.46. The van der Waals surface area contributed by atoms with Gasteiger partial charge in [-0.3, -0.25) is 0 Å². The molecule has 11 aromatic rings. The van der Waals surface area contributed by atoms with Crippen LogP contribution in [-0.4, -0.2) is 19.5 Å². The van der Waals surface area contributed by atoms with Gasteiger partial charge in [0.25, 0.3) is 0 Å². The van der Waals surface area contributed by atoms with Gasteiger partial charge < -0.3 is 8.98 Å². The van der Waals surface area contributed by atoms with Crippen molar-refractivity contribution in [3.8, 4) is 39.9 Å². The highest BCUT2D eigenvalue weighted by Gasteiger charge is 2.23. The Morgan fingerprint density at radius 1 is 0.451 bits per heavy atom. The molecular formula is C45H26N4OS. The van der Waals surface area contributed by atoms with Gasteiger partial charge in [-0.2, -0.15) is 0 Å². The quantitative estimate of drug-likeness (QED) is 0.187. The SMILES string of the molecule is c1ccc(-c2nc(-c3ccccc3)nc(-c3cccc4oc5cccc(-n6c7ccccc7c7ccc8c9ccccc9sc8c76)c5c34)n2)cc1. The van der Waals surface area contributed by atoms with E-state index >= 15 is 0 Å². The minimum atomic E-state index is 0.597. The molecule has 5 nitrogen and oxygen atoms in total. The van der Waals surface area contributed by atoms with E-state index in [2.05, 4.69) is 89.5 Å². The second-order valence-corrected chi connectivity index (χ2v) is 13.8. The number of nitrogens with zero attached hydrogens (tertiary/aromatic N) is 4. The van der Waals surface area contributed by atoms with Gasteiger partial charge in [-0.05, 0) is 30.3 Å². The van der Waals surface area contributed by atoms with E-state index in [0.717, 1.165) is 49.8 Å². The van der Waals surface area contributed by atoms with Crippen LogP contribution in [0, 0.1) is 0 Å². The summed E-state index contributed by atoms with van der Waals surface area (Å²) < 4.78 is 11.7. The van der Waals surface area contributed by atoms with Crippen molar-refractivity contribution in [2.45, 2.75) is 0 Å². The Bertz CT molecular complexity index is 3080. The predicted molar refractivity (Wildman–Crippen MR) is 211 cm³/mol. The fourth-order valence-electron chi connectivity index (χ4n) is 7.63. The molecule has 0 aliphatic heterocycles. The van der Waals surface area contributed by atoms with Crippen molar-refractivity contribution in [1.29, 1.82) is 0 Å². The van der Waals surface area contributed by atoms with Crippen LogP contribution in [0.25, 0.3) is 104 Å². The topological polar surface area (TPSA) is 56.7 Å². The second-order valence-electron chi connectivity index (χ2n) is 12.8. The lowest BCUT2D eigenvalue weighted by molar-refractivity contribution is 0.669. The lowest BCUT2D eigenvalue weighted by atomic mass is 10.0. The third kappa shape index (κ3) is 4.24. The first-order chi connectivity index (χ1) is 25.3. The second kappa shape index (κ2) is 10.9. The van der Waals surface area contributed by atoms with Crippen LogP contribution in [0.5, 0.6) is 0 Å². The highest BCUT2D eigenvalue weighted by atomic mass is 32.1. The van der Waals surface area contributed by atoms with Crippen LogP contribution in [0.15, 0.2) is 162 Å². The van der Waals surface area contributed by atoms with Crippen LogP contribution < -0.4 is 0 Å². The first kappa shape index (κ1) is 28.2. The number of rotatable bonds is 4. The van der Waals surface area contributed by atoms with Crippen molar-refractivity contribution in [2.24, 2.45) is 0 Å². The first-order valence-electron chi connectivity index (χ1n) is 17.0. The van der Waals surface area contributed by atoms with Crippen molar-refractivity contribution < 1.29 is 4.42 Å². The zero-order chi connectivity index (χ0) is 33.5. The first-order valence-corrected chi connectivity index (χ1v) is 17.8. The summed E-state index contributed by atoms with van der Waals surface area (Å²) >= 11 is 1.85. The molecule has 0 amide bonds. The minimum absolute atomic E-state index is 0.597. The zero-order valence-corrected chi connectivity index (χ0v) is 27.9. The molecule has 238 valence electrons. The van der Waals surface area contributed by atoms with Crippen molar-refractivity contribution in [3.05, 3.63) is 158 Å². The van der Waals surface area contributed by atoms with Gasteiger partial charge in [0.2, 0.25) is 0 Å². The summed E-state index contributed by atoms with van der Waals surface area (Å²) in [5.41, 5.74) is 7.75. The maximum atomic E-state index is 6.66. The van der Waals surface area contributed by atoms with Crippen molar-refractivity contribution in [1.82, 2.24) is 19.5 Å². The van der Waals surface area contributed by atoms with Crippen LogP contribution >= 0.6 is 11.3 Å². The van der Waals surface area contributed by atoms with Crippen molar-refractivity contribution in [3.63, 3.8) is 0 Å². The molecule has 6 heteroatoms. The highest BCUT2D eigenvalue weighted by molar-refractivity contribution is 7.26. The number of benzene rings is 7. The Balaban J connectivity index is 1.25. The largest absolute Gasteiger partial charge is 0.456 e. The summed E-state index contributed by atoms with van der Waals surface area (Å²) in [6, 6.07) is 54.7. The molecule has 0 fully saturated rings. The van der Waals surface area contributed by atoms with E-state index in [9.17, 15) is 0 Å². The molecule has 7 aromatic carbocycles. The van der Waals surface area contributed by atoms with E-state index in [1.807, 2.05) is 84.1 Å². The number of aromatic nitrogens is 4. The molecule has 0 saturated carbocycles. The van der Waals surface area contributed by atoms with Crippen LogP contribution in [0.3, 0.4) is 0 Å². The fraction of sp³-hybridized carbons (Fsp3) is 0. The van der Waals surface area contributed by atoms with E-state index in [1.165, 1.54) is 36.5 Å². The van der Waals surface area contributed by atoms with Crippen molar-refractivity contribution >= 4 is 75.3 Å². The summed E-state index contributed by atoms with van der Waals surface area (Å²) in [4.78, 5) is 15.2. The van der Waals surface area contributed by atoms with E-state index in [1.54, 1.807) is 0 Å². The summed E-state index contributed by atoms with van der Waals surface area (Å²) in [6.45, 7) is 0. The number of hydrogen-bond donors (Lipinski definition) is 0. The van der Waals surface area contributed by atoms with E-state index in [4.69, 9.17) is 19.4 Å². The maximum Gasteiger partial charge on any atom is 0.164 e. The molecular weight excluding hydrogens is 645 g/mol. The normalized spacial score (nSPS) is 11.9. The lowest BCUT2D eigenvalue weighted by Crippen LogP contribution is -2.00. The monoisotopic (exact) mass is 670 g/mol. The van der Waals surface area contributed by atoms with Gasteiger partial charge >= 0.3 is 0 Å². The third-order valence-electron chi connectivity index (χ3n) is 9.86. The number of thiophene rings is 1. The van der Waals surface area contributed by atoms with E-state index < -0.39 is 0 Å². The summed E-state index contributed by atoms with van der Waals surface area (Å²) in [5.74, 6) is 1.85. The molecule has 0 saturated heterocycles. The van der Waals surface area contributed by atoms with Gasteiger partial charge in [-0.15, -0.1) is 11.3 Å². The number of furan rings is 1. The number of fused-ring (bicyclic) bond motifs is 10. The molecule has 0 spiro atoms. The fourth-order valence-corrected chi connectivity index (χ4v) is 8.87. The smallest absolute Gasteiger partial charge is 0.164 e. The van der Waals surface area contributed by atoms with Gasteiger partial charge in [0.15, 0.2) is 17.5 Å². The Hall–Kier alpha value is -6.63. The summed E-state index contributed by atoms with van der Waals surface area (Å²) in [7, 11) is 0. The van der Waals surface area contributed by atoms with Crippen LogP contribution in [0.2, 0.25) is 0 Å². The maximum absolute atomic E-state index is 6.66. The average molecular weight is 671 g/mol. The molecule has 0 bridgehead atoms. The van der Waals surface area contributed by atoms with Gasteiger partial charge in [0, 0.05) is 48.3 Å². The Labute approximate surface area is 295 Å². The van der Waals surface area contributed by atoms with E-state index in [0.29, 0.717) is 17.5 Å². The molecule has 11 rings (SSSR count). The van der Waals surface area contributed by atoms with Gasteiger partial charge in [0.1, 0.15) is 11.2 Å². The summed E-state index contributed by atoms with van der Waals surface area (Å²) in [6.07, 6.45) is 0. The molecule has 0 N–H and O–H groups in total. The minimum Gasteiger partial charge on any atom is -0.456 e. The molecule has 0 radical (unpaired) electrons. The molecule has 0 unspecified atom stereocenters. The lowest BCUT2D eigenvalue weighted by Gasteiger charge is -2.12. The third-order valence-corrected chi connectivity index (χ3v) is 11.1. The van der Waals surface area contributed by atoms with Crippen LogP contribution in [-0.2, 0) is 0 Å². The number of para-hydroxylation sites is 1. The van der Waals surface area contributed by atoms with Crippen LogP contribution in [0.1, 0.15) is 0 Å². The predicted octanol–water partition coefficient (Wildman–Crippen LogP) is 12.2. The average Bonchev–Trinajstić information content (AvgIpc) is 3.88. The number of hydrogen-bond acceptors (Lipinski definition) is 5.